The Morgan fingerprint density at radius 3 is 2.32 bits per heavy atom. The molecule has 0 atom stereocenters. The number of benzene rings is 3. The van der Waals surface area contributed by atoms with Crippen LogP contribution in [-0.4, -0.2) is 39.6 Å². The third-order valence-electron chi connectivity index (χ3n) is 5.10. The molecule has 0 aliphatic carbocycles. The molecule has 0 unspecified atom stereocenters. The maximum absolute atomic E-state index is 12.8. The summed E-state index contributed by atoms with van der Waals surface area (Å²) < 4.78 is 25.8. The number of anilines is 2. The normalized spacial score (nSPS) is 11.0. The first-order valence-corrected chi connectivity index (χ1v) is 12.8. The molecular formula is C25H26ClN3O4S. The van der Waals surface area contributed by atoms with E-state index in [2.05, 4.69) is 10.6 Å². The fourth-order valence-electron chi connectivity index (χ4n) is 3.45. The number of sulfonamides is 1. The summed E-state index contributed by atoms with van der Waals surface area (Å²) in [6.07, 6.45) is 1.70. The van der Waals surface area contributed by atoms with Crippen molar-refractivity contribution < 1.29 is 18.0 Å². The van der Waals surface area contributed by atoms with Gasteiger partial charge in [0.1, 0.15) is 6.54 Å². The van der Waals surface area contributed by atoms with Gasteiger partial charge in [0.25, 0.3) is 5.91 Å². The van der Waals surface area contributed by atoms with E-state index in [1.54, 1.807) is 49.4 Å². The first-order valence-electron chi connectivity index (χ1n) is 10.6. The zero-order valence-electron chi connectivity index (χ0n) is 18.9. The van der Waals surface area contributed by atoms with E-state index in [1.165, 1.54) is 0 Å². The molecule has 0 aromatic heterocycles. The van der Waals surface area contributed by atoms with Crippen LogP contribution in [0.15, 0.2) is 72.8 Å². The van der Waals surface area contributed by atoms with E-state index in [-0.39, 0.29) is 11.5 Å². The van der Waals surface area contributed by atoms with Gasteiger partial charge >= 0.3 is 0 Å². The second-order valence-electron chi connectivity index (χ2n) is 7.79. The minimum Gasteiger partial charge on any atom is -0.352 e. The van der Waals surface area contributed by atoms with Gasteiger partial charge in [-0.05, 0) is 54.8 Å². The Balaban J connectivity index is 1.71. The van der Waals surface area contributed by atoms with Crippen molar-refractivity contribution in [2.45, 2.75) is 13.3 Å². The van der Waals surface area contributed by atoms with Crippen molar-refractivity contribution in [1.82, 2.24) is 5.32 Å². The highest BCUT2D eigenvalue weighted by Crippen LogP contribution is 2.25. The van der Waals surface area contributed by atoms with Crippen LogP contribution in [0.25, 0.3) is 0 Å². The Bertz CT molecular complexity index is 1280. The summed E-state index contributed by atoms with van der Waals surface area (Å²) in [6, 6.07) is 21.1. The maximum Gasteiger partial charge on any atom is 0.253 e. The Morgan fingerprint density at radius 2 is 1.65 bits per heavy atom. The van der Waals surface area contributed by atoms with Crippen LogP contribution in [0.1, 0.15) is 21.5 Å². The van der Waals surface area contributed by atoms with E-state index in [4.69, 9.17) is 11.6 Å². The number of aryl methyl sites for hydroxylation is 1. The second kappa shape index (κ2) is 11.2. The summed E-state index contributed by atoms with van der Waals surface area (Å²) in [4.78, 5) is 25.6. The second-order valence-corrected chi connectivity index (χ2v) is 10.1. The van der Waals surface area contributed by atoms with Crippen molar-refractivity contribution in [3.8, 4) is 0 Å². The number of rotatable bonds is 9. The van der Waals surface area contributed by atoms with E-state index in [9.17, 15) is 18.0 Å². The highest BCUT2D eigenvalue weighted by molar-refractivity contribution is 7.92. The SMILES string of the molecule is Cc1cc(Cl)ccc1N(CC(=O)Nc1ccccc1C(=O)NCCc1ccccc1)S(C)(=O)=O. The molecule has 0 heterocycles. The number of halogens is 1. The standard InChI is InChI=1S/C25H26ClN3O4S/c1-18-16-20(26)12-13-23(18)29(34(2,32)33)17-24(30)28-22-11-7-6-10-21(22)25(31)27-15-14-19-8-4-3-5-9-19/h3-13,16H,14-15,17H2,1-2H3,(H,27,31)(H,28,30). The molecule has 34 heavy (non-hydrogen) atoms. The Hall–Kier alpha value is -3.36. The van der Waals surface area contributed by atoms with Gasteiger partial charge in [-0.3, -0.25) is 13.9 Å². The third kappa shape index (κ3) is 6.82. The smallest absolute Gasteiger partial charge is 0.253 e. The predicted molar refractivity (Wildman–Crippen MR) is 136 cm³/mol. The summed E-state index contributed by atoms with van der Waals surface area (Å²) in [6.45, 7) is 1.69. The van der Waals surface area contributed by atoms with Gasteiger partial charge in [-0.1, -0.05) is 54.1 Å². The van der Waals surface area contributed by atoms with Gasteiger partial charge in [0.15, 0.2) is 0 Å². The minimum atomic E-state index is -3.76. The molecule has 3 aromatic rings. The van der Waals surface area contributed by atoms with Gasteiger partial charge in [-0.15, -0.1) is 0 Å². The number of carbonyl (C=O) groups excluding carboxylic acids is 2. The molecule has 0 aliphatic heterocycles. The lowest BCUT2D eigenvalue weighted by molar-refractivity contribution is -0.114. The lowest BCUT2D eigenvalue weighted by Gasteiger charge is -2.24. The maximum atomic E-state index is 12.8. The fraction of sp³-hybridized carbons (Fsp3) is 0.200. The van der Waals surface area contributed by atoms with Crippen molar-refractivity contribution >= 4 is 44.8 Å². The molecule has 7 nitrogen and oxygen atoms in total. The summed E-state index contributed by atoms with van der Waals surface area (Å²) >= 11 is 5.98. The Morgan fingerprint density at radius 1 is 0.971 bits per heavy atom. The fourth-order valence-corrected chi connectivity index (χ4v) is 4.59. The van der Waals surface area contributed by atoms with Crippen molar-refractivity contribution in [1.29, 1.82) is 0 Å². The van der Waals surface area contributed by atoms with Crippen LogP contribution in [0.4, 0.5) is 11.4 Å². The van der Waals surface area contributed by atoms with Crippen molar-refractivity contribution in [2.24, 2.45) is 0 Å². The molecule has 3 rings (SSSR count). The predicted octanol–water partition coefficient (Wildman–Crippen LogP) is 4.03. The molecule has 9 heteroatoms. The largest absolute Gasteiger partial charge is 0.352 e. The molecule has 178 valence electrons. The number of nitrogens with zero attached hydrogens (tertiary/aromatic N) is 1. The Kier molecular flexibility index (Phi) is 8.31. The summed E-state index contributed by atoms with van der Waals surface area (Å²) in [5.41, 5.74) is 2.66. The molecule has 2 amide bonds. The van der Waals surface area contributed by atoms with Crippen LogP contribution in [0.2, 0.25) is 5.02 Å². The van der Waals surface area contributed by atoms with Crippen LogP contribution in [0.3, 0.4) is 0 Å². The van der Waals surface area contributed by atoms with E-state index in [0.717, 1.165) is 16.1 Å². The number of nitrogens with one attached hydrogen (secondary N) is 2. The molecule has 0 spiro atoms. The molecule has 0 bridgehead atoms. The third-order valence-corrected chi connectivity index (χ3v) is 6.46. The summed E-state index contributed by atoms with van der Waals surface area (Å²) in [5.74, 6) is -0.912. The lowest BCUT2D eigenvalue weighted by Crippen LogP contribution is -2.38. The summed E-state index contributed by atoms with van der Waals surface area (Å²) in [7, 11) is -3.76. The zero-order chi connectivity index (χ0) is 24.7. The monoisotopic (exact) mass is 499 g/mol. The summed E-state index contributed by atoms with van der Waals surface area (Å²) in [5, 5.41) is 5.99. The van der Waals surface area contributed by atoms with Gasteiger partial charge in [0, 0.05) is 11.6 Å². The average molecular weight is 500 g/mol. The van der Waals surface area contributed by atoms with Crippen molar-refractivity contribution in [3.05, 3.63) is 94.5 Å². The molecule has 3 aromatic carbocycles. The van der Waals surface area contributed by atoms with Crippen LogP contribution in [-0.2, 0) is 21.2 Å². The van der Waals surface area contributed by atoms with Crippen LogP contribution in [0, 0.1) is 6.92 Å². The van der Waals surface area contributed by atoms with Crippen LogP contribution in [0.5, 0.6) is 0 Å². The first-order chi connectivity index (χ1) is 16.1. The molecule has 0 aliphatic rings. The minimum absolute atomic E-state index is 0.289. The highest BCUT2D eigenvalue weighted by atomic mass is 35.5. The van der Waals surface area contributed by atoms with E-state index >= 15 is 0 Å². The van der Waals surface area contributed by atoms with E-state index in [0.29, 0.717) is 34.9 Å². The van der Waals surface area contributed by atoms with Gasteiger partial charge in [-0.2, -0.15) is 0 Å². The molecule has 0 saturated carbocycles. The van der Waals surface area contributed by atoms with Gasteiger partial charge in [0.05, 0.1) is 23.2 Å². The van der Waals surface area contributed by atoms with E-state index in [1.807, 2.05) is 30.3 Å². The van der Waals surface area contributed by atoms with Gasteiger partial charge in [0.2, 0.25) is 15.9 Å². The molecule has 0 radical (unpaired) electrons. The van der Waals surface area contributed by atoms with Crippen molar-refractivity contribution in [3.63, 3.8) is 0 Å². The van der Waals surface area contributed by atoms with Crippen LogP contribution >= 0.6 is 11.6 Å². The number of amides is 2. The molecular weight excluding hydrogens is 474 g/mol. The highest BCUT2D eigenvalue weighted by Gasteiger charge is 2.23. The molecule has 2 N–H and O–H groups in total. The quantitative estimate of drug-likeness (QED) is 0.464. The topological polar surface area (TPSA) is 95.6 Å². The van der Waals surface area contributed by atoms with E-state index < -0.39 is 22.5 Å². The number of hydrogen-bond acceptors (Lipinski definition) is 4. The average Bonchev–Trinajstić information content (AvgIpc) is 2.78. The molecule has 0 saturated heterocycles. The molecule has 0 fully saturated rings. The van der Waals surface area contributed by atoms with Crippen molar-refractivity contribution in [2.75, 3.05) is 29.0 Å². The zero-order valence-corrected chi connectivity index (χ0v) is 20.5. The number of para-hydroxylation sites is 1. The Labute approximate surface area is 204 Å². The van der Waals surface area contributed by atoms with Gasteiger partial charge in [-0.25, -0.2) is 8.42 Å². The number of hydrogen-bond donors (Lipinski definition) is 2. The van der Waals surface area contributed by atoms with Crippen LogP contribution < -0.4 is 14.9 Å². The first kappa shape index (κ1) is 25.3. The number of carbonyl (C=O) groups is 2. The lowest BCUT2D eigenvalue weighted by atomic mass is 10.1. The van der Waals surface area contributed by atoms with Gasteiger partial charge < -0.3 is 10.6 Å².